The first kappa shape index (κ1) is 15.0. The molecule has 0 aliphatic carbocycles. The van der Waals surface area contributed by atoms with Gasteiger partial charge in [0.1, 0.15) is 5.69 Å². The van der Waals surface area contributed by atoms with Crippen molar-refractivity contribution in [2.75, 3.05) is 11.9 Å². The lowest BCUT2D eigenvalue weighted by atomic mass is 10.2. The number of aromatic nitrogens is 1. The number of hydrogen-bond donors (Lipinski definition) is 2. The van der Waals surface area contributed by atoms with Gasteiger partial charge < -0.3 is 10.6 Å². The molecular formula is C15H14ClN3O2. The quantitative estimate of drug-likeness (QED) is 0.912. The van der Waals surface area contributed by atoms with E-state index >= 15 is 0 Å². The molecule has 21 heavy (non-hydrogen) atoms. The highest BCUT2D eigenvalue weighted by atomic mass is 35.5. The Balaban J connectivity index is 2.14. The first-order valence-electron chi connectivity index (χ1n) is 6.41. The van der Waals surface area contributed by atoms with Crippen LogP contribution in [0.3, 0.4) is 0 Å². The summed E-state index contributed by atoms with van der Waals surface area (Å²) in [6, 6.07) is 9.75. The fraction of sp³-hybridized carbons (Fsp3) is 0.133. The summed E-state index contributed by atoms with van der Waals surface area (Å²) >= 11 is 5.82. The highest BCUT2D eigenvalue weighted by Gasteiger charge is 2.10. The normalized spacial score (nSPS) is 10.0. The monoisotopic (exact) mass is 303 g/mol. The minimum Gasteiger partial charge on any atom is -0.352 e. The Labute approximate surface area is 127 Å². The van der Waals surface area contributed by atoms with Gasteiger partial charge in [0.2, 0.25) is 0 Å². The summed E-state index contributed by atoms with van der Waals surface area (Å²) in [6.07, 6.45) is 1.46. The molecule has 0 unspecified atom stereocenters. The average Bonchev–Trinajstić information content (AvgIpc) is 2.48. The van der Waals surface area contributed by atoms with Crippen molar-refractivity contribution in [2.45, 2.75) is 6.92 Å². The van der Waals surface area contributed by atoms with Crippen molar-refractivity contribution >= 4 is 29.1 Å². The van der Waals surface area contributed by atoms with Gasteiger partial charge in [-0.15, -0.1) is 0 Å². The molecule has 2 N–H and O–H groups in total. The number of carbonyl (C=O) groups excluding carboxylic acids is 2. The van der Waals surface area contributed by atoms with Crippen LogP contribution in [0.5, 0.6) is 0 Å². The number of rotatable bonds is 4. The lowest BCUT2D eigenvalue weighted by Gasteiger charge is -2.07. The molecule has 0 spiro atoms. The molecule has 1 aromatic heterocycles. The van der Waals surface area contributed by atoms with Gasteiger partial charge in [0.25, 0.3) is 11.8 Å². The maximum atomic E-state index is 12.0. The smallest absolute Gasteiger partial charge is 0.274 e. The minimum atomic E-state index is -0.384. The SMILES string of the molecule is CCNC(=O)c1cccc(NC(=O)c2cc(Cl)ccn2)c1. The largest absolute Gasteiger partial charge is 0.352 e. The number of amides is 2. The van der Waals surface area contributed by atoms with Gasteiger partial charge >= 0.3 is 0 Å². The van der Waals surface area contributed by atoms with E-state index in [1.807, 2.05) is 6.92 Å². The molecule has 1 heterocycles. The zero-order chi connectivity index (χ0) is 15.2. The van der Waals surface area contributed by atoms with Crippen LogP contribution in [-0.2, 0) is 0 Å². The van der Waals surface area contributed by atoms with Gasteiger partial charge in [0, 0.05) is 29.0 Å². The van der Waals surface area contributed by atoms with Gasteiger partial charge in [0.05, 0.1) is 0 Å². The van der Waals surface area contributed by atoms with Crippen LogP contribution in [0.25, 0.3) is 0 Å². The number of carbonyl (C=O) groups is 2. The van der Waals surface area contributed by atoms with Gasteiger partial charge in [0.15, 0.2) is 0 Å². The van der Waals surface area contributed by atoms with Crippen LogP contribution in [0.4, 0.5) is 5.69 Å². The second-order valence-corrected chi connectivity index (χ2v) is 4.69. The third-order valence-electron chi connectivity index (χ3n) is 2.67. The van der Waals surface area contributed by atoms with E-state index in [0.29, 0.717) is 22.8 Å². The Hall–Kier alpha value is -2.40. The Morgan fingerprint density at radius 3 is 2.71 bits per heavy atom. The molecule has 0 aliphatic heterocycles. The number of benzene rings is 1. The minimum absolute atomic E-state index is 0.186. The summed E-state index contributed by atoms with van der Waals surface area (Å²) in [6.45, 7) is 2.39. The van der Waals surface area contributed by atoms with E-state index in [-0.39, 0.29) is 17.5 Å². The van der Waals surface area contributed by atoms with Gasteiger partial charge in [-0.2, -0.15) is 0 Å². The Bertz CT molecular complexity index is 673. The summed E-state index contributed by atoms with van der Waals surface area (Å²) in [5.74, 6) is -0.569. The van der Waals surface area contributed by atoms with Crippen molar-refractivity contribution in [1.29, 1.82) is 0 Å². The first-order chi connectivity index (χ1) is 10.1. The van der Waals surface area contributed by atoms with Crippen molar-refractivity contribution in [3.8, 4) is 0 Å². The van der Waals surface area contributed by atoms with Crippen molar-refractivity contribution in [2.24, 2.45) is 0 Å². The molecule has 2 rings (SSSR count). The van der Waals surface area contributed by atoms with Crippen LogP contribution in [0.2, 0.25) is 5.02 Å². The molecule has 5 nitrogen and oxygen atoms in total. The topological polar surface area (TPSA) is 71.1 Å². The maximum Gasteiger partial charge on any atom is 0.274 e. The maximum absolute atomic E-state index is 12.0. The van der Waals surface area contributed by atoms with Crippen molar-refractivity contribution in [1.82, 2.24) is 10.3 Å². The summed E-state index contributed by atoms with van der Waals surface area (Å²) in [5.41, 5.74) is 1.21. The van der Waals surface area contributed by atoms with Crippen LogP contribution in [0.1, 0.15) is 27.8 Å². The van der Waals surface area contributed by atoms with Crippen LogP contribution < -0.4 is 10.6 Å². The van der Waals surface area contributed by atoms with Crippen molar-refractivity contribution < 1.29 is 9.59 Å². The second-order valence-electron chi connectivity index (χ2n) is 4.25. The Morgan fingerprint density at radius 1 is 1.19 bits per heavy atom. The van der Waals surface area contributed by atoms with E-state index < -0.39 is 0 Å². The standard InChI is InChI=1S/C15H14ClN3O2/c1-2-17-14(20)10-4-3-5-12(8-10)19-15(21)13-9-11(16)6-7-18-13/h3-9H,2H2,1H3,(H,17,20)(H,19,21). The molecule has 108 valence electrons. The molecule has 1 aromatic carbocycles. The number of nitrogens with zero attached hydrogens (tertiary/aromatic N) is 1. The molecule has 2 aromatic rings. The molecular weight excluding hydrogens is 290 g/mol. The van der Waals surface area contributed by atoms with Crippen LogP contribution in [0.15, 0.2) is 42.6 Å². The van der Waals surface area contributed by atoms with Crippen molar-refractivity contribution in [3.63, 3.8) is 0 Å². The van der Waals surface area contributed by atoms with Gasteiger partial charge in [-0.3, -0.25) is 14.6 Å². The second kappa shape index (κ2) is 6.85. The van der Waals surface area contributed by atoms with Gasteiger partial charge in [-0.25, -0.2) is 0 Å². The van der Waals surface area contributed by atoms with Crippen LogP contribution in [-0.4, -0.2) is 23.3 Å². The lowest BCUT2D eigenvalue weighted by molar-refractivity contribution is 0.0954. The van der Waals surface area contributed by atoms with E-state index in [1.165, 1.54) is 12.3 Å². The Morgan fingerprint density at radius 2 is 2.00 bits per heavy atom. The number of anilines is 1. The fourth-order valence-corrected chi connectivity index (χ4v) is 1.88. The zero-order valence-electron chi connectivity index (χ0n) is 11.4. The number of hydrogen-bond acceptors (Lipinski definition) is 3. The average molecular weight is 304 g/mol. The first-order valence-corrected chi connectivity index (χ1v) is 6.79. The molecule has 6 heteroatoms. The highest BCUT2D eigenvalue weighted by molar-refractivity contribution is 6.30. The van der Waals surface area contributed by atoms with E-state index in [4.69, 9.17) is 11.6 Å². The predicted octanol–water partition coefficient (Wildman–Crippen LogP) is 2.74. The van der Waals surface area contributed by atoms with E-state index in [2.05, 4.69) is 15.6 Å². The van der Waals surface area contributed by atoms with E-state index in [0.717, 1.165) is 0 Å². The summed E-state index contributed by atoms with van der Waals surface area (Å²) in [4.78, 5) is 27.7. The molecule has 0 saturated heterocycles. The lowest BCUT2D eigenvalue weighted by Crippen LogP contribution is -2.22. The highest BCUT2D eigenvalue weighted by Crippen LogP contribution is 2.13. The predicted molar refractivity (Wildman–Crippen MR) is 81.6 cm³/mol. The van der Waals surface area contributed by atoms with E-state index in [1.54, 1.807) is 30.3 Å². The fourth-order valence-electron chi connectivity index (χ4n) is 1.72. The van der Waals surface area contributed by atoms with E-state index in [9.17, 15) is 9.59 Å². The van der Waals surface area contributed by atoms with Crippen molar-refractivity contribution in [3.05, 3.63) is 58.9 Å². The third-order valence-corrected chi connectivity index (χ3v) is 2.91. The third kappa shape index (κ3) is 4.03. The summed E-state index contributed by atoms with van der Waals surface area (Å²) < 4.78 is 0. The molecule has 0 saturated carbocycles. The Kier molecular flexibility index (Phi) is 4.90. The van der Waals surface area contributed by atoms with Crippen LogP contribution in [0, 0.1) is 0 Å². The molecule has 0 atom stereocenters. The number of pyridine rings is 1. The summed E-state index contributed by atoms with van der Waals surface area (Å²) in [5, 5.41) is 5.82. The number of halogens is 1. The summed E-state index contributed by atoms with van der Waals surface area (Å²) in [7, 11) is 0. The zero-order valence-corrected chi connectivity index (χ0v) is 12.1. The van der Waals surface area contributed by atoms with Gasteiger partial charge in [-0.05, 0) is 37.3 Å². The van der Waals surface area contributed by atoms with Gasteiger partial charge in [-0.1, -0.05) is 17.7 Å². The molecule has 2 amide bonds. The molecule has 0 bridgehead atoms. The number of nitrogens with one attached hydrogen (secondary N) is 2. The van der Waals surface area contributed by atoms with Crippen LogP contribution >= 0.6 is 11.6 Å². The molecule has 0 aliphatic rings. The molecule has 0 radical (unpaired) electrons. The molecule has 0 fully saturated rings.